The van der Waals surface area contributed by atoms with Gasteiger partial charge in [-0.15, -0.1) is 0 Å². The van der Waals surface area contributed by atoms with Crippen LogP contribution < -0.4 is 15.5 Å². The fourth-order valence-electron chi connectivity index (χ4n) is 3.83. The highest BCUT2D eigenvalue weighted by molar-refractivity contribution is 6.33. The number of hydrogen-bond donors (Lipinski definition) is 2. The van der Waals surface area contributed by atoms with Crippen molar-refractivity contribution in [2.75, 3.05) is 48.8 Å². The Morgan fingerprint density at radius 3 is 2.26 bits per heavy atom. The smallest absolute Gasteiger partial charge is 0.369 e. The van der Waals surface area contributed by atoms with Gasteiger partial charge in [0, 0.05) is 43.2 Å². The maximum absolute atomic E-state index is 12.9. The largest absolute Gasteiger partial charge is 0.433 e. The van der Waals surface area contributed by atoms with Crippen LogP contribution in [0.1, 0.15) is 21.7 Å². The average Bonchev–Trinajstić information content (AvgIpc) is 2.81. The van der Waals surface area contributed by atoms with Crippen molar-refractivity contribution in [3.63, 3.8) is 0 Å². The van der Waals surface area contributed by atoms with Crippen molar-refractivity contribution < 1.29 is 18.0 Å². The summed E-state index contributed by atoms with van der Waals surface area (Å²) in [6.07, 6.45) is -4.57. The zero-order chi connectivity index (χ0) is 25.2. The number of nitrogens with one attached hydrogen (secondary N) is 2. The lowest BCUT2D eigenvalue weighted by Gasteiger charge is -2.34. The number of halogens is 4. The standard InChI is InChI=1S/C25H25ClF3N5O/c1-16-20(8-10-23(30-16)25(27,28)29)24(35)32-18-5-9-21(26)22(15-18)31-17-3-6-19(7-4-17)34-13-11-33(2)12-14-34/h3-10,15,31H,11-14H2,1-2H3,(H,32,35). The molecule has 1 aromatic heterocycles. The topological polar surface area (TPSA) is 60.5 Å². The van der Waals surface area contributed by atoms with Crippen LogP contribution in [0.5, 0.6) is 0 Å². The van der Waals surface area contributed by atoms with Crippen molar-refractivity contribution in [1.82, 2.24) is 9.88 Å². The minimum absolute atomic E-state index is 0.00919. The Balaban J connectivity index is 1.45. The number of anilines is 4. The van der Waals surface area contributed by atoms with E-state index in [4.69, 9.17) is 11.6 Å². The van der Waals surface area contributed by atoms with E-state index >= 15 is 0 Å². The first-order valence-electron chi connectivity index (χ1n) is 11.1. The lowest BCUT2D eigenvalue weighted by Crippen LogP contribution is -2.44. The van der Waals surface area contributed by atoms with E-state index in [2.05, 4.69) is 32.5 Å². The number of hydrogen-bond acceptors (Lipinski definition) is 5. The van der Waals surface area contributed by atoms with Crippen molar-refractivity contribution in [2.24, 2.45) is 0 Å². The molecule has 0 unspecified atom stereocenters. The van der Waals surface area contributed by atoms with Gasteiger partial charge in [-0.3, -0.25) is 4.79 Å². The summed E-state index contributed by atoms with van der Waals surface area (Å²) in [5.41, 5.74) is 2.01. The number of pyridine rings is 1. The summed E-state index contributed by atoms with van der Waals surface area (Å²) >= 11 is 6.35. The van der Waals surface area contributed by atoms with Crippen LogP contribution in [0.3, 0.4) is 0 Å². The van der Waals surface area contributed by atoms with Crippen LogP contribution >= 0.6 is 11.6 Å². The molecule has 0 aliphatic carbocycles. The van der Waals surface area contributed by atoms with Crippen molar-refractivity contribution in [3.05, 3.63) is 76.6 Å². The summed E-state index contributed by atoms with van der Waals surface area (Å²) in [5, 5.41) is 6.40. The Kier molecular flexibility index (Phi) is 7.18. The van der Waals surface area contributed by atoms with E-state index < -0.39 is 17.8 Å². The molecule has 1 aliphatic rings. The third-order valence-electron chi connectivity index (χ3n) is 5.86. The minimum atomic E-state index is -4.57. The Labute approximate surface area is 206 Å². The molecule has 2 heterocycles. The molecule has 2 aromatic carbocycles. The fourth-order valence-corrected chi connectivity index (χ4v) is 4.00. The molecule has 1 fully saturated rings. The van der Waals surface area contributed by atoms with Gasteiger partial charge in [-0.1, -0.05) is 11.6 Å². The van der Waals surface area contributed by atoms with Gasteiger partial charge in [-0.2, -0.15) is 13.2 Å². The van der Waals surface area contributed by atoms with E-state index in [0.717, 1.165) is 49.7 Å². The first-order chi connectivity index (χ1) is 16.6. The van der Waals surface area contributed by atoms with Crippen molar-refractivity contribution in [1.29, 1.82) is 0 Å². The molecule has 0 radical (unpaired) electrons. The Bertz CT molecular complexity index is 1210. The first kappa shape index (κ1) is 24.8. The van der Waals surface area contributed by atoms with Gasteiger partial charge >= 0.3 is 6.18 Å². The number of benzene rings is 2. The number of aryl methyl sites for hydroxylation is 1. The molecule has 0 saturated carbocycles. The molecule has 3 aromatic rings. The average molecular weight is 504 g/mol. The number of piperazine rings is 1. The van der Waals surface area contributed by atoms with E-state index in [0.29, 0.717) is 16.4 Å². The molecule has 6 nitrogen and oxygen atoms in total. The highest BCUT2D eigenvalue weighted by atomic mass is 35.5. The molecule has 1 aliphatic heterocycles. The molecule has 10 heteroatoms. The molecule has 1 amide bonds. The molecule has 35 heavy (non-hydrogen) atoms. The fraction of sp³-hybridized carbons (Fsp3) is 0.280. The van der Waals surface area contributed by atoms with Crippen LogP contribution in [0, 0.1) is 6.92 Å². The lowest BCUT2D eigenvalue weighted by molar-refractivity contribution is -0.141. The molecule has 2 N–H and O–H groups in total. The summed E-state index contributed by atoms with van der Waals surface area (Å²) in [7, 11) is 2.12. The van der Waals surface area contributed by atoms with Gasteiger partial charge in [0.15, 0.2) is 0 Å². The maximum Gasteiger partial charge on any atom is 0.433 e. The second-order valence-corrected chi connectivity index (χ2v) is 8.85. The summed E-state index contributed by atoms with van der Waals surface area (Å²) < 4.78 is 38.6. The van der Waals surface area contributed by atoms with Crippen LogP contribution in [0.15, 0.2) is 54.6 Å². The highest BCUT2D eigenvalue weighted by Crippen LogP contribution is 2.31. The van der Waals surface area contributed by atoms with Crippen LogP contribution in [0.25, 0.3) is 0 Å². The van der Waals surface area contributed by atoms with E-state index in [1.54, 1.807) is 18.2 Å². The summed E-state index contributed by atoms with van der Waals surface area (Å²) in [4.78, 5) is 20.8. The zero-order valence-corrected chi connectivity index (χ0v) is 20.0. The number of carbonyl (C=O) groups excluding carboxylic acids is 1. The van der Waals surface area contributed by atoms with Gasteiger partial charge in [-0.05, 0) is 68.6 Å². The molecule has 0 spiro atoms. The quantitative estimate of drug-likeness (QED) is 0.460. The SMILES string of the molecule is Cc1nc(C(F)(F)F)ccc1C(=O)Nc1ccc(Cl)c(Nc2ccc(N3CCN(C)CC3)cc2)c1. The van der Waals surface area contributed by atoms with Crippen molar-refractivity contribution >= 4 is 40.3 Å². The van der Waals surface area contributed by atoms with Gasteiger partial charge in [0.2, 0.25) is 0 Å². The number of amides is 1. The number of aromatic nitrogens is 1. The summed E-state index contributed by atoms with van der Waals surface area (Å²) in [6, 6.07) is 14.9. The van der Waals surface area contributed by atoms with Crippen LogP contribution in [-0.4, -0.2) is 49.0 Å². The lowest BCUT2D eigenvalue weighted by atomic mass is 10.1. The van der Waals surface area contributed by atoms with Crippen LogP contribution in [0.2, 0.25) is 5.02 Å². The van der Waals surface area contributed by atoms with E-state index in [1.807, 2.05) is 24.3 Å². The molecule has 1 saturated heterocycles. The predicted octanol–water partition coefficient (Wildman–Crippen LogP) is 5.81. The summed E-state index contributed by atoms with van der Waals surface area (Å²) in [6.45, 7) is 5.37. The molecular formula is C25H25ClF3N5O. The van der Waals surface area contributed by atoms with E-state index in [9.17, 15) is 18.0 Å². The van der Waals surface area contributed by atoms with Crippen LogP contribution in [0.4, 0.5) is 35.9 Å². The third-order valence-corrected chi connectivity index (χ3v) is 6.19. The van der Waals surface area contributed by atoms with Gasteiger partial charge in [0.25, 0.3) is 5.91 Å². The van der Waals surface area contributed by atoms with Gasteiger partial charge < -0.3 is 20.4 Å². The first-order valence-corrected chi connectivity index (χ1v) is 11.4. The zero-order valence-electron chi connectivity index (χ0n) is 19.3. The van der Waals surface area contributed by atoms with E-state index in [-0.39, 0.29) is 11.3 Å². The molecule has 0 atom stereocenters. The second-order valence-electron chi connectivity index (χ2n) is 8.44. The minimum Gasteiger partial charge on any atom is -0.369 e. The number of carbonyl (C=O) groups is 1. The Morgan fingerprint density at radius 2 is 1.63 bits per heavy atom. The summed E-state index contributed by atoms with van der Waals surface area (Å²) in [5.74, 6) is -0.562. The van der Waals surface area contributed by atoms with Gasteiger partial charge in [0.05, 0.1) is 22.0 Å². The Morgan fingerprint density at radius 1 is 0.971 bits per heavy atom. The maximum atomic E-state index is 12.9. The molecule has 184 valence electrons. The molecule has 0 bridgehead atoms. The normalized spacial score (nSPS) is 14.6. The monoisotopic (exact) mass is 503 g/mol. The van der Waals surface area contributed by atoms with Crippen molar-refractivity contribution in [3.8, 4) is 0 Å². The highest BCUT2D eigenvalue weighted by Gasteiger charge is 2.33. The number of rotatable bonds is 5. The predicted molar refractivity (Wildman–Crippen MR) is 133 cm³/mol. The van der Waals surface area contributed by atoms with E-state index in [1.165, 1.54) is 6.92 Å². The van der Waals surface area contributed by atoms with Crippen molar-refractivity contribution in [2.45, 2.75) is 13.1 Å². The third kappa shape index (κ3) is 6.04. The number of alkyl halides is 3. The van der Waals surface area contributed by atoms with Gasteiger partial charge in [-0.25, -0.2) is 4.98 Å². The number of nitrogens with zero attached hydrogens (tertiary/aromatic N) is 3. The van der Waals surface area contributed by atoms with Crippen LogP contribution in [-0.2, 0) is 6.18 Å². The Hall–Kier alpha value is -3.30. The van der Waals surface area contributed by atoms with Gasteiger partial charge in [0.1, 0.15) is 5.69 Å². The molecular weight excluding hydrogens is 479 g/mol. The second kappa shape index (κ2) is 10.1. The molecule has 4 rings (SSSR count). The number of likely N-dealkylation sites (N-methyl/N-ethyl adjacent to an activating group) is 1.